The molecule has 2 unspecified atom stereocenters. The summed E-state index contributed by atoms with van der Waals surface area (Å²) in [5.41, 5.74) is 1.15. The van der Waals surface area contributed by atoms with Gasteiger partial charge >= 0.3 is 0 Å². The normalized spacial score (nSPS) is 13.2. The van der Waals surface area contributed by atoms with Gasteiger partial charge in [-0.25, -0.2) is 0 Å². The zero-order valence-electron chi connectivity index (χ0n) is 11.9. The maximum atomic E-state index is 5.42. The number of ether oxygens (including phenoxy) is 2. The van der Waals surface area contributed by atoms with Crippen LogP contribution in [-0.4, -0.2) is 14.2 Å². The Balaban J connectivity index is 3.05. The van der Waals surface area contributed by atoms with Crippen molar-refractivity contribution >= 4 is 0 Å². The van der Waals surface area contributed by atoms with Gasteiger partial charge in [0.1, 0.15) is 11.5 Å². The van der Waals surface area contributed by atoms with E-state index in [4.69, 9.17) is 9.47 Å². The Morgan fingerprint density at radius 3 is 2.44 bits per heavy atom. The van der Waals surface area contributed by atoms with E-state index in [9.17, 15) is 0 Å². The predicted octanol–water partition coefficient (Wildman–Crippen LogP) is 3.86. The summed E-state index contributed by atoms with van der Waals surface area (Å²) in [4.78, 5) is 0. The molecule has 0 aliphatic heterocycles. The van der Waals surface area contributed by atoms with Crippen molar-refractivity contribution < 1.29 is 9.47 Å². The smallest absolute Gasteiger partial charge is 0.122 e. The zero-order valence-corrected chi connectivity index (χ0v) is 11.9. The molecular weight excluding hydrogens is 224 g/mol. The fraction of sp³-hybridized carbons (Fsp3) is 0.500. The average Bonchev–Trinajstić information content (AvgIpc) is 2.43. The molecule has 0 aromatic heterocycles. The van der Waals surface area contributed by atoms with Crippen molar-refractivity contribution in [3.05, 3.63) is 23.8 Å². The highest BCUT2D eigenvalue weighted by Crippen LogP contribution is 2.34. The van der Waals surface area contributed by atoms with Crippen molar-refractivity contribution in [1.82, 2.24) is 0 Å². The molecule has 0 N–H and O–H groups in total. The third kappa shape index (κ3) is 3.43. The third-order valence-electron chi connectivity index (χ3n) is 3.18. The van der Waals surface area contributed by atoms with E-state index >= 15 is 0 Å². The van der Waals surface area contributed by atoms with Crippen LogP contribution in [-0.2, 0) is 0 Å². The van der Waals surface area contributed by atoms with Crippen LogP contribution in [0.15, 0.2) is 18.2 Å². The van der Waals surface area contributed by atoms with E-state index in [1.807, 2.05) is 18.2 Å². The van der Waals surface area contributed by atoms with Gasteiger partial charge in [0.05, 0.1) is 14.2 Å². The van der Waals surface area contributed by atoms with Crippen molar-refractivity contribution in [3.63, 3.8) is 0 Å². The van der Waals surface area contributed by atoms with E-state index in [-0.39, 0.29) is 0 Å². The SMILES string of the molecule is CCC#CC(C)C(C)c1cc(OC)ccc1OC. The van der Waals surface area contributed by atoms with Crippen LogP contribution >= 0.6 is 0 Å². The largest absolute Gasteiger partial charge is 0.497 e. The maximum absolute atomic E-state index is 5.42. The fourth-order valence-corrected chi connectivity index (χ4v) is 1.85. The summed E-state index contributed by atoms with van der Waals surface area (Å²) in [7, 11) is 3.37. The van der Waals surface area contributed by atoms with Crippen LogP contribution < -0.4 is 9.47 Å². The summed E-state index contributed by atoms with van der Waals surface area (Å²) in [6, 6.07) is 5.90. The van der Waals surface area contributed by atoms with E-state index < -0.39 is 0 Å². The monoisotopic (exact) mass is 246 g/mol. The van der Waals surface area contributed by atoms with Gasteiger partial charge in [0.25, 0.3) is 0 Å². The Kier molecular flexibility index (Phi) is 5.58. The number of rotatable bonds is 4. The van der Waals surface area contributed by atoms with Crippen LogP contribution in [0.3, 0.4) is 0 Å². The second-order valence-electron chi connectivity index (χ2n) is 4.36. The van der Waals surface area contributed by atoms with Crippen LogP contribution in [0, 0.1) is 17.8 Å². The molecule has 0 saturated heterocycles. The van der Waals surface area contributed by atoms with Gasteiger partial charge in [-0.3, -0.25) is 0 Å². The lowest BCUT2D eigenvalue weighted by Gasteiger charge is -2.19. The van der Waals surface area contributed by atoms with Crippen LogP contribution in [0.5, 0.6) is 11.5 Å². The lowest BCUT2D eigenvalue weighted by atomic mass is 9.88. The van der Waals surface area contributed by atoms with E-state index in [2.05, 4.69) is 32.6 Å². The molecule has 98 valence electrons. The standard InChI is InChI=1S/C16H22O2/c1-6-7-8-12(2)13(3)15-11-14(17-4)9-10-16(15)18-5/h9-13H,6H2,1-5H3. The molecule has 0 amide bonds. The second-order valence-corrected chi connectivity index (χ2v) is 4.36. The van der Waals surface area contributed by atoms with Gasteiger partial charge in [-0.2, -0.15) is 0 Å². The first-order chi connectivity index (χ1) is 8.63. The summed E-state index contributed by atoms with van der Waals surface area (Å²) in [5.74, 6) is 8.78. The van der Waals surface area contributed by atoms with Gasteiger partial charge < -0.3 is 9.47 Å². The zero-order chi connectivity index (χ0) is 13.5. The highest BCUT2D eigenvalue weighted by Gasteiger charge is 2.17. The summed E-state index contributed by atoms with van der Waals surface area (Å²) in [6.07, 6.45) is 0.895. The van der Waals surface area contributed by atoms with E-state index in [1.54, 1.807) is 14.2 Å². The average molecular weight is 246 g/mol. The Hall–Kier alpha value is -1.62. The summed E-state index contributed by atoms with van der Waals surface area (Å²) >= 11 is 0. The highest BCUT2D eigenvalue weighted by molar-refractivity contribution is 5.43. The van der Waals surface area contributed by atoms with Crippen molar-refractivity contribution in [2.45, 2.75) is 33.1 Å². The molecule has 0 bridgehead atoms. The van der Waals surface area contributed by atoms with Crippen LogP contribution in [0.4, 0.5) is 0 Å². The number of methoxy groups -OCH3 is 2. The molecule has 0 radical (unpaired) electrons. The minimum atomic E-state index is 0.297. The molecule has 0 saturated carbocycles. The van der Waals surface area contributed by atoms with Gasteiger partial charge in [0.2, 0.25) is 0 Å². The number of hydrogen-bond acceptors (Lipinski definition) is 2. The quantitative estimate of drug-likeness (QED) is 0.751. The molecule has 1 rings (SSSR count). The number of benzene rings is 1. The third-order valence-corrected chi connectivity index (χ3v) is 3.18. The van der Waals surface area contributed by atoms with Gasteiger partial charge in [-0.05, 0) is 24.1 Å². The Morgan fingerprint density at radius 2 is 1.89 bits per heavy atom. The molecule has 0 aliphatic carbocycles. The Morgan fingerprint density at radius 1 is 1.17 bits per heavy atom. The van der Waals surface area contributed by atoms with Crippen molar-refractivity contribution in [3.8, 4) is 23.3 Å². The molecule has 0 heterocycles. The Labute approximate surface area is 110 Å². The minimum absolute atomic E-state index is 0.297. The molecular formula is C16H22O2. The van der Waals surface area contributed by atoms with Crippen LogP contribution in [0.1, 0.15) is 38.7 Å². The van der Waals surface area contributed by atoms with Crippen molar-refractivity contribution in [2.24, 2.45) is 5.92 Å². The first kappa shape index (κ1) is 14.4. The number of hydrogen-bond donors (Lipinski definition) is 0. The van der Waals surface area contributed by atoms with Gasteiger partial charge in [-0.1, -0.05) is 26.7 Å². The molecule has 1 aromatic carbocycles. The summed E-state index contributed by atoms with van der Waals surface area (Å²) in [6.45, 7) is 6.38. The Bertz CT molecular complexity index is 440. The molecule has 2 heteroatoms. The van der Waals surface area contributed by atoms with Crippen molar-refractivity contribution in [2.75, 3.05) is 14.2 Å². The van der Waals surface area contributed by atoms with Crippen molar-refractivity contribution in [1.29, 1.82) is 0 Å². The van der Waals surface area contributed by atoms with Crippen LogP contribution in [0.2, 0.25) is 0 Å². The van der Waals surface area contributed by atoms with E-state index in [0.717, 1.165) is 23.5 Å². The van der Waals surface area contributed by atoms with Crippen LogP contribution in [0.25, 0.3) is 0 Å². The predicted molar refractivity (Wildman–Crippen MR) is 75.2 cm³/mol. The molecule has 0 spiro atoms. The highest BCUT2D eigenvalue weighted by atomic mass is 16.5. The first-order valence-corrected chi connectivity index (χ1v) is 6.34. The van der Waals surface area contributed by atoms with E-state index in [1.165, 1.54) is 0 Å². The van der Waals surface area contributed by atoms with Gasteiger partial charge in [0.15, 0.2) is 0 Å². The van der Waals surface area contributed by atoms with E-state index in [0.29, 0.717) is 11.8 Å². The van der Waals surface area contributed by atoms with Gasteiger partial charge in [-0.15, -0.1) is 5.92 Å². The lowest BCUT2D eigenvalue weighted by molar-refractivity contribution is 0.392. The molecule has 2 nitrogen and oxygen atoms in total. The summed E-state index contributed by atoms with van der Waals surface area (Å²) in [5, 5.41) is 0. The lowest BCUT2D eigenvalue weighted by Crippen LogP contribution is -2.06. The topological polar surface area (TPSA) is 18.5 Å². The maximum Gasteiger partial charge on any atom is 0.122 e. The fourth-order valence-electron chi connectivity index (χ4n) is 1.85. The van der Waals surface area contributed by atoms with Gasteiger partial charge in [0, 0.05) is 17.9 Å². The molecule has 0 aliphatic rings. The first-order valence-electron chi connectivity index (χ1n) is 6.34. The molecule has 1 aromatic rings. The molecule has 2 atom stereocenters. The molecule has 0 fully saturated rings. The second kappa shape index (κ2) is 6.96. The minimum Gasteiger partial charge on any atom is -0.497 e. The molecule has 18 heavy (non-hydrogen) atoms. The summed E-state index contributed by atoms with van der Waals surface area (Å²) < 4.78 is 10.7.